The topological polar surface area (TPSA) is 15.3 Å². The molecule has 2 heteroatoms. The van der Waals surface area contributed by atoms with Gasteiger partial charge in [0.25, 0.3) is 0 Å². The first-order valence-electron chi connectivity index (χ1n) is 6.79. The second kappa shape index (κ2) is 5.95. The van der Waals surface area contributed by atoms with Crippen molar-refractivity contribution in [1.29, 1.82) is 0 Å². The first-order valence-corrected chi connectivity index (χ1v) is 6.79. The van der Waals surface area contributed by atoms with Crippen molar-refractivity contribution < 1.29 is 0 Å². The SMILES string of the molecule is CN(C)c1cccc(NC2CCCCCC2)c1. The standard InChI is InChI=1S/C15H24N2/c1-17(2)15-11-7-10-14(12-15)16-13-8-5-3-4-6-9-13/h7,10-13,16H,3-6,8-9H2,1-2H3. The van der Waals surface area contributed by atoms with E-state index in [1.807, 2.05) is 0 Å². The summed E-state index contributed by atoms with van der Waals surface area (Å²) in [7, 11) is 4.18. The summed E-state index contributed by atoms with van der Waals surface area (Å²) in [6.07, 6.45) is 8.24. The van der Waals surface area contributed by atoms with E-state index in [9.17, 15) is 0 Å². The minimum Gasteiger partial charge on any atom is -0.382 e. The highest BCUT2D eigenvalue weighted by Gasteiger charge is 2.11. The molecule has 17 heavy (non-hydrogen) atoms. The van der Waals surface area contributed by atoms with Crippen molar-refractivity contribution in [2.75, 3.05) is 24.3 Å². The lowest BCUT2D eigenvalue weighted by Crippen LogP contribution is -2.18. The molecule has 2 nitrogen and oxygen atoms in total. The van der Waals surface area contributed by atoms with E-state index in [4.69, 9.17) is 0 Å². The first-order chi connectivity index (χ1) is 8.25. The van der Waals surface area contributed by atoms with E-state index in [1.54, 1.807) is 0 Å². The summed E-state index contributed by atoms with van der Waals surface area (Å²) >= 11 is 0. The van der Waals surface area contributed by atoms with Crippen LogP contribution in [0.4, 0.5) is 11.4 Å². The average Bonchev–Trinajstić information content (AvgIpc) is 2.58. The molecule has 0 heterocycles. The zero-order valence-corrected chi connectivity index (χ0v) is 11.1. The predicted octanol–water partition coefficient (Wildman–Crippen LogP) is 3.89. The summed E-state index contributed by atoms with van der Waals surface area (Å²) in [6.45, 7) is 0. The van der Waals surface area contributed by atoms with Gasteiger partial charge in [-0.25, -0.2) is 0 Å². The molecular weight excluding hydrogens is 208 g/mol. The number of nitrogens with one attached hydrogen (secondary N) is 1. The van der Waals surface area contributed by atoms with Gasteiger partial charge in [0, 0.05) is 31.5 Å². The Balaban J connectivity index is 1.99. The number of nitrogens with zero attached hydrogens (tertiary/aromatic N) is 1. The fraction of sp³-hybridized carbons (Fsp3) is 0.600. The molecule has 0 amide bonds. The van der Waals surface area contributed by atoms with Gasteiger partial charge >= 0.3 is 0 Å². The van der Waals surface area contributed by atoms with E-state index in [0.717, 1.165) is 0 Å². The summed E-state index contributed by atoms with van der Waals surface area (Å²) < 4.78 is 0. The van der Waals surface area contributed by atoms with Gasteiger partial charge in [0.05, 0.1) is 0 Å². The Labute approximate surface area is 105 Å². The highest BCUT2D eigenvalue weighted by atomic mass is 15.1. The Morgan fingerprint density at radius 2 is 1.76 bits per heavy atom. The first kappa shape index (κ1) is 12.3. The van der Waals surface area contributed by atoms with Gasteiger partial charge in [0.15, 0.2) is 0 Å². The van der Waals surface area contributed by atoms with E-state index < -0.39 is 0 Å². The summed E-state index contributed by atoms with van der Waals surface area (Å²) in [5, 5.41) is 3.69. The largest absolute Gasteiger partial charge is 0.382 e. The third-order valence-corrected chi connectivity index (χ3v) is 3.59. The van der Waals surface area contributed by atoms with Crippen molar-refractivity contribution >= 4 is 11.4 Å². The molecule has 1 aromatic rings. The van der Waals surface area contributed by atoms with Crippen molar-refractivity contribution in [1.82, 2.24) is 0 Å². The quantitative estimate of drug-likeness (QED) is 0.795. The number of benzene rings is 1. The second-order valence-electron chi connectivity index (χ2n) is 5.28. The van der Waals surface area contributed by atoms with E-state index in [-0.39, 0.29) is 0 Å². The second-order valence-corrected chi connectivity index (χ2v) is 5.28. The maximum absolute atomic E-state index is 3.69. The molecule has 2 rings (SSSR count). The Bertz CT molecular complexity index is 339. The van der Waals surface area contributed by atoms with Gasteiger partial charge in [0.2, 0.25) is 0 Å². The molecule has 0 unspecified atom stereocenters. The molecule has 1 aliphatic carbocycles. The Morgan fingerprint density at radius 1 is 1.06 bits per heavy atom. The van der Waals surface area contributed by atoms with Gasteiger partial charge in [-0.3, -0.25) is 0 Å². The number of rotatable bonds is 3. The smallest absolute Gasteiger partial charge is 0.0381 e. The summed E-state index contributed by atoms with van der Waals surface area (Å²) in [5.74, 6) is 0. The lowest BCUT2D eigenvalue weighted by Gasteiger charge is -2.19. The van der Waals surface area contributed by atoms with Crippen LogP contribution in [0.1, 0.15) is 38.5 Å². The van der Waals surface area contributed by atoms with E-state index >= 15 is 0 Å². The fourth-order valence-corrected chi connectivity index (χ4v) is 2.53. The zero-order chi connectivity index (χ0) is 12.1. The molecule has 1 fully saturated rings. The van der Waals surface area contributed by atoms with Crippen LogP contribution in [0.5, 0.6) is 0 Å². The van der Waals surface area contributed by atoms with Crippen LogP contribution in [0.15, 0.2) is 24.3 Å². The molecule has 0 atom stereocenters. The molecule has 94 valence electrons. The highest BCUT2D eigenvalue weighted by molar-refractivity contribution is 5.57. The van der Waals surface area contributed by atoms with E-state index in [2.05, 4.69) is 48.6 Å². The number of hydrogen-bond donors (Lipinski definition) is 1. The number of anilines is 2. The highest BCUT2D eigenvalue weighted by Crippen LogP contribution is 2.23. The van der Waals surface area contributed by atoms with Crippen molar-refractivity contribution in [3.05, 3.63) is 24.3 Å². The fourth-order valence-electron chi connectivity index (χ4n) is 2.53. The van der Waals surface area contributed by atoms with Gasteiger partial charge in [-0.2, -0.15) is 0 Å². The van der Waals surface area contributed by atoms with Crippen LogP contribution < -0.4 is 10.2 Å². The monoisotopic (exact) mass is 232 g/mol. The minimum atomic E-state index is 0.676. The van der Waals surface area contributed by atoms with Gasteiger partial charge in [-0.15, -0.1) is 0 Å². The van der Waals surface area contributed by atoms with Crippen molar-refractivity contribution in [2.24, 2.45) is 0 Å². The third kappa shape index (κ3) is 3.65. The molecule has 1 aliphatic rings. The average molecular weight is 232 g/mol. The molecule has 0 aliphatic heterocycles. The van der Waals surface area contributed by atoms with Crippen LogP contribution in [0.3, 0.4) is 0 Å². The third-order valence-electron chi connectivity index (χ3n) is 3.59. The Hall–Kier alpha value is -1.18. The van der Waals surface area contributed by atoms with Gasteiger partial charge in [-0.1, -0.05) is 31.7 Å². The van der Waals surface area contributed by atoms with Crippen molar-refractivity contribution in [3.63, 3.8) is 0 Å². The lowest BCUT2D eigenvalue weighted by atomic mass is 10.1. The number of hydrogen-bond acceptors (Lipinski definition) is 2. The van der Waals surface area contributed by atoms with Crippen molar-refractivity contribution in [3.8, 4) is 0 Å². The summed E-state index contributed by atoms with van der Waals surface area (Å²) in [5.41, 5.74) is 2.53. The van der Waals surface area contributed by atoms with Crippen LogP contribution in [0.25, 0.3) is 0 Å². The van der Waals surface area contributed by atoms with Crippen LogP contribution in [-0.2, 0) is 0 Å². The molecule has 0 aromatic heterocycles. The lowest BCUT2D eigenvalue weighted by molar-refractivity contribution is 0.620. The molecule has 0 radical (unpaired) electrons. The minimum absolute atomic E-state index is 0.676. The molecular formula is C15H24N2. The Kier molecular flexibility index (Phi) is 4.29. The molecule has 0 saturated heterocycles. The summed E-state index contributed by atoms with van der Waals surface area (Å²) in [6, 6.07) is 9.38. The molecule has 0 bridgehead atoms. The molecule has 1 N–H and O–H groups in total. The molecule has 1 saturated carbocycles. The zero-order valence-electron chi connectivity index (χ0n) is 11.1. The maximum atomic E-state index is 3.69. The van der Waals surface area contributed by atoms with Gasteiger partial charge in [0.1, 0.15) is 0 Å². The normalized spacial score (nSPS) is 17.5. The molecule has 1 aromatic carbocycles. The van der Waals surface area contributed by atoms with Crippen molar-refractivity contribution in [2.45, 2.75) is 44.6 Å². The predicted molar refractivity (Wildman–Crippen MR) is 75.9 cm³/mol. The van der Waals surface area contributed by atoms with Crippen LogP contribution in [-0.4, -0.2) is 20.1 Å². The summed E-state index contributed by atoms with van der Waals surface area (Å²) in [4.78, 5) is 2.15. The van der Waals surface area contributed by atoms with Gasteiger partial charge in [-0.05, 0) is 31.0 Å². The van der Waals surface area contributed by atoms with Crippen LogP contribution in [0.2, 0.25) is 0 Å². The Morgan fingerprint density at radius 3 is 2.41 bits per heavy atom. The maximum Gasteiger partial charge on any atom is 0.0381 e. The van der Waals surface area contributed by atoms with Crippen LogP contribution in [0, 0.1) is 0 Å². The van der Waals surface area contributed by atoms with E-state index in [0.29, 0.717) is 6.04 Å². The van der Waals surface area contributed by atoms with E-state index in [1.165, 1.54) is 49.9 Å². The molecule has 0 spiro atoms. The van der Waals surface area contributed by atoms with Gasteiger partial charge < -0.3 is 10.2 Å². The van der Waals surface area contributed by atoms with Crippen LogP contribution >= 0.6 is 0 Å².